The monoisotopic (exact) mass is 927 g/mol. The van der Waals surface area contributed by atoms with Crippen molar-refractivity contribution in [3.8, 4) is 84.1 Å². The van der Waals surface area contributed by atoms with Crippen LogP contribution in [0.4, 0.5) is 0 Å². The lowest BCUT2D eigenvalue weighted by Gasteiger charge is -2.16. The smallest absolute Gasteiger partial charge is 0.160 e. The highest BCUT2D eigenvalue weighted by Crippen LogP contribution is 2.44. The highest BCUT2D eigenvalue weighted by atomic mass is 15.0. The van der Waals surface area contributed by atoms with Crippen LogP contribution < -0.4 is 0 Å². The highest BCUT2D eigenvalue weighted by molar-refractivity contribution is 6.29. The molecule has 14 aromatic rings. The van der Waals surface area contributed by atoms with E-state index >= 15 is 0 Å². The Morgan fingerprint density at radius 2 is 0.685 bits per heavy atom. The predicted octanol–water partition coefficient (Wildman–Crippen LogP) is 18.7. The van der Waals surface area contributed by atoms with Gasteiger partial charge in [-0.3, -0.25) is 0 Å². The van der Waals surface area contributed by atoms with E-state index in [0.717, 1.165) is 44.9 Å². The second kappa shape index (κ2) is 17.6. The van der Waals surface area contributed by atoms with Crippen molar-refractivity contribution >= 4 is 54.1 Å². The summed E-state index contributed by atoms with van der Waals surface area (Å²) in [5.74, 6) is 0.698. The summed E-state index contributed by atoms with van der Waals surface area (Å²) in [5, 5.41) is 9.92. The molecule has 0 amide bonds. The lowest BCUT2D eigenvalue weighted by molar-refractivity contribution is 1.18. The molecule has 2 heterocycles. The van der Waals surface area contributed by atoms with E-state index in [0.29, 0.717) is 5.82 Å². The zero-order valence-corrected chi connectivity index (χ0v) is 39.8. The van der Waals surface area contributed by atoms with Crippen LogP contribution in [0.5, 0.6) is 0 Å². The molecule has 0 N–H and O–H groups in total. The average molecular weight is 928 g/mol. The fraction of sp³-hybridized carbons (Fsp3) is 0. The normalized spacial score (nSPS) is 11.6. The van der Waals surface area contributed by atoms with Crippen molar-refractivity contribution in [2.75, 3.05) is 0 Å². The van der Waals surface area contributed by atoms with Gasteiger partial charge in [-0.25, -0.2) is 9.97 Å². The molecule has 2 aromatic heterocycles. The third-order valence-corrected chi connectivity index (χ3v) is 14.6. The number of hydrogen-bond acceptors (Lipinski definition) is 2. The van der Waals surface area contributed by atoms with Crippen molar-refractivity contribution < 1.29 is 0 Å². The van der Waals surface area contributed by atoms with Crippen molar-refractivity contribution in [2.45, 2.75) is 0 Å². The largest absolute Gasteiger partial charge is 0.309 e. The number of benzene rings is 12. The minimum atomic E-state index is 0.698. The van der Waals surface area contributed by atoms with Gasteiger partial charge >= 0.3 is 0 Å². The molecular weight excluding hydrogens is 883 g/mol. The van der Waals surface area contributed by atoms with Crippen LogP contribution in [0.1, 0.15) is 0 Å². The van der Waals surface area contributed by atoms with E-state index in [1.165, 1.54) is 87.5 Å². The van der Waals surface area contributed by atoms with Crippen LogP contribution >= 0.6 is 0 Å². The van der Waals surface area contributed by atoms with Gasteiger partial charge in [0.1, 0.15) is 0 Å². The molecule has 340 valence electrons. The van der Waals surface area contributed by atoms with Gasteiger partial charge in [-0.15, -0.1) is 0 Å². The number of rotatable bonds is 8. The minimum absolute atomic E-state index is 0.698. The molecule has 73 heavy (non-hydrogen) atoms. The van der Waals surface area contributed by atoms with Gasteiger partial charge in [0.2, 0.25) is 0 Å². The zero-order chi connectivity index (χ0) is 48.2. The summed E-state index contributed by atoms with van der Waals surface area (Å²) in [6.07, 6.45) is 0. The summed E-state index contributed by atoms with van der Waals surface area (Å²) >= 11 is 0. The summed E-state index contributed by atoms with van der Waals surface area (Å²) in [6.45, 7) is 0. The summed E-state index contributed by atoms with van der Waals surface area (Å²) < 4.78 is 2.41. The van der Waals surface area contributed by atoms with E-state index < -0.39 is 0 Å². The predicted molar refractivity (Wildman–Crippen MR) is 307 cm³/mol. The van der Waals surface area contributed by atoms with Gasteiger partial charge in [0.05, 0.1) is 22.4 Å². The summed E-state index contributed by atoms with van der Waals surface area (Å²) in [4.78, 5) is 10.4. The topological polar surface area (TPSA) is 30.7 Å². The van der Waals surface area contributed by atoms with Crippen molar-refractivity contribution in [3.63, 3.8) is 0 Å². The van der Waals surface area contributed by atoms with E-state index in [-0.39, 0.29) is 0 Å². The lowest BCUT2D eigenvalue weighted by atomic mass is 9.88. The number of para-hydroxylation sites is 1. The molecule has 3 nitrogen and oxygen atoms in total. The van der Waals surface area contributed by atoms with Gasteiger partial charge in [-0.05, 0) is 125 Å². The second-order valence-electron chi connectivity index (χ2n) is 18.9. The standard InChI is InChI=1S/C70H45N3/c1-4-16-46(17-5-1)48-30-32-50(33-31-48)65-45-66(72-70(71-65)51-20-8-3-9-21-51)55-23-14-22-52(42-55)53-36-40-62-63(43-53)59-25-11-10-24-58(59)61-28-15-27-57(69(61)62)54-37-41-68-64(44-54)60-26-12-13-29-67(60)73(68)56-38-34-49(35-39-56)47-18-6-2-7-19-47/h1-45H. The second-order valence-corrected chi connectivity index (χ2v) is 18.9. The fourth-order valence-electron chi connectivity index (χ4n) is 11.1. The first kappa shape index (κ1) is 42.2. The summed E-state index contributed by atoms with van der Waals surface area (Å²) in [7, 11) is 0. The molecule has 12 aromatic carbocycles. The number of hydrogen-bond donors (Lipinski definition) is 0. The van der Waals surface area contributed by atoms with Crippen LogP contribution in [-0.2, 0) is 0 Å². The highest BCUT2D eigenvalue weighted by Gasteiger charge is 2.18. The summed E-state index contributed by atoms with van der Waals surface area (Å²) in [5.41, 5.74) is 17.8. The maximum atomic E-state index is 5.22. The molecule has 0 bridgehead atoms. The quantitative estimate of drug-likeness (QED) is 0.142. The fourth-order valence-corrected chi connectivity index (χ4v) is 11.1. The molecule has 0 radical (unpaired) electrons. The van der Waals surface area contributed by atoms with Gasteiger partial charge < -0.3 is 4.57 Å². The first-order valence-electron chi connectivity index (χ1n) is 25.0. The van der Waals surface area contributed by atoms with E-state index in [1.54, 1.807) is 0 Å². The van der Waals surface area contributed by atoms with Crippen LogP contribution in [0.2, 0.25) is 0 Å². The first-order chi connectivity index (χ1) is 36.2. The number of fused-ring (bicyclic) bond motifs is 9. The molecule has 0 atom stereocenters. The molecule has 0 fully saturated rings. The van der Waals surface area contributed by atoms with Gasteiger partial charge in [0, 0.05) is 33.2 Å². The van der Waals surface area contributed by atoms with Gasteiger partial charge in [0.15, 0.2) is 5.82 Å². The molecule has 0 saturated carbocycles. The van der Waals surface area contributed by atoms with E-state index in [9.17, 15) is 0 Å². The third-order valence-electron chi connectivity index (χ3n) is 14.6. The maximum Gasteiger partial charge on any atom is 0.160 e. The Kier molecular flexibility index (Phi) is 10.2. The Balaban J connectivity index is 0.879. The van der Waals surface area contributed by atoms with Crippen LogP contribution in [0.3, 0.4) is 0 Å². The minimum Gasteiger partial charge on any atom is -0.309 e. The van der Waals surface area contributed by atoms with Crippen LogP contribution in [0, 0.1) is 0 Å². The van der Waals surface area contributed by atoms with Crippen molar-refractivity contribution in [3.05, 3.63) is 273 Å². The Morgan fingerprint density at radius 1 is 0.233 bits per heavy atom. The zero-order valence-electron chi connectivity index (χ0n) is 39.8. The average Bonchev–Trinajstić information content (AvgIpc) is 3.81. The molecular formula is C70H45N3. The molecule has 0 aliphatic heterocycles. The first-order valence-corrected chi connectivity index (χ1v) is 25.0. The van der Waals surface area contributed by atoms with Crippen LogP contribution in [0.25, 0.3) is 138 Å². The van der Waals surface area contributed by atoms with E-state index in [4.69, 9.17) is 9.97 Å². The number of aromatic nitrogens is 3. The Hall–Kier alpha value is -9.70. The molecule has 0 spiro atoms. The van der Waals surface area contributed by atoms with Gasteiger partial charge in [0.25, 0.3) is 0 Å². The SMILES string of the molecule is c1ccc(-c2ccc(-c3cc(-c4cccc(-c5ccc6c(c5)c5ccccc5c5cccc(-c7ccc8c(c7)c7ccccc7n8-c7ccc(-c8ccccc8)cc7)c56)c4)nc(-c4ccccc4)n3)cc2)cc1. The Bertz CT molecular complexity index is 4390. The molecule has 14 rings (SSSR count). The van der Waals surface area contributed by atoms with Gasteiger partial charge in [-0.2, -0.15) is 0 Å². The van der Waals surface area contributed by atoms with Crippen molar-refractivity contribution in [2.24, 2.45) is 0 Å². The van der Waals surface area contributed by atoms with Crippen LogP contribution in [0.15, 0.2) is 273 Å². The van der Waals surface area contributed by atoms with Crippen molar-refractivity contribution in [1.29, 1.82) is 0 Å². The Labute approximate surface area is 423 Å². The summed E-state index contributed by atoms with van der Waals surface area (Å²) in [6, 6.07) is 98.5. The van der Waals surface area contributed by atoms with E-state index in [1.807, 2.05) is 18.2 Å². The van der Waals surface area contributed by atoms with E-state index in [2.05, 4.69) is 259 Å². The van der Waals surface area contributed by atoms with Crippen molar-refractivity contribution in [1.82, 2.24) is 14.5 Å². The molecule has 0 unspecified atom stereocenters. The third kappa shape index (κ3) is 7.46. The molecule has 0 aliphatic carbocycles. The molecule has 0 saturated heterocycles. The lowest BCUT2D eigenvalue weighted by Crippen LogP contribution is -1.96. The maximum absolute atomic E-state index is 5.22. The van der Waals surface area contributed by atoms with Crippen LogP contribution in [-0.4, -0.2) is 14.5 Å². The molecule has 3 heteroatoms. The molecule has 0 aliphatic rings. The van der Waals surface area contributed by atoms with Gasteiger partial charge in [-0.1, -0.05) is 224 Å². The number of nitrogens with zero attached hydrogens (tertiary/aromatic N) is 3. The Morgan fingerprint density at radius 3 is 1.40 bits per heavy atom.